The molecule has 0 saturated carbocycles. The number of nitrogens with one attached hydrogen (secondary N) is 1. The van der Waals surface area contributed by atoms with Crippen molar-refractivity contribution in [2.75, 3.05) is 18.1 Å². The molecular formula is C12H17F2NS. The molecule has 16 heavy (non-hydrogen) atoms. The second kappa shape index (κ2) is 7.63. The van der Waals surface area contributed by atoms with E-state index in [-0.39, 0.29) is 11.6 Å². The zero-order chi connectivity index (χ0) is 11.8. The van der Waals surface area contributed by atoms with Gasteiger partial charge in [0.15, 0.2) is 0 Å². The van der Waals surface area contributed by atoms with Gasteiger partial charge in [0.25, 0.3) is 0 Å². The second-order valence-corrected chi connectivity index (χ2v) is 4.86. The number of hydrogen-bond acceptors (Lipinski definition) is 2. The highest BCUT2D eigenvalue weighted by atomic mass is 32.2. The van der Waals surface area contributed by atoms with Crippen LogP contribution in [0.2, 0.25) is 0 Å². The van der Waals surface area contributed by atoms with E-state index in [4.69, 9.17) is 0 Å². The molecule has 1 aromatic carbocycles. The fourth-order valence-electron chi connectivity index (χ4n) is 1.35. The average molecular weight is 245 g/mol. The van der Waals surface area contributed by atoms with Gasteiger partial charge in [0.1, 0.15) is 11.6 Å². The molecule has 1 aromatic rings. The molecule has 1 rings (SSSR count). The van der Waals surface area contributed by atoms with Gasteiger partial charge >= 0.3 is 0 Å². The van der Waals surface area contributed by atoms with E-state index in [0.29, 0.717) is 12.1 Å². The van der Waals surface area contributed by atoms with Crippen LogP contribution < -0.4 is 5.32 Å². The summed E-state index contributed by atoms with van der Waals surface area (Å²) in [6.45, 7) is 3.35. The molecule has 0 amide bonds. The van der Waals surface area contributed by atoms with Gasteiger partial charge in [-0.15, -0.1) is 0 Å². The Morgan fingerprint density at radius 1 is 1.31 bits per heavy atom. The lowest BCUT2D eigenvalue weighted by Gasteiger charge is -2.05. The standard InChI is InChI=1S/C12H17F2NS/c1-2-16-7-3-6-15-9-10-8-11(13)4-5-12(10)14/h4-5,8,15H,2-3,6-7,9H2,1H3. The van der Waals surface area contributed by atoms with Gasteiger partial charge in [-0.2, -0.15) is 11.8 Å². The Morgan fingerprint density at radius 3 is 2.88 bits per heavy atom. The van der Waals surface area contributed by atoms with E-state index in [1.165, 1.54) is 12.1 Å². The highest BCUT2D eigenvalue weighted by Gasteiger charge is 2.02. The van der Waals surface area contributed by atoms with E-state index in [9.17, 15) is 8.78 Å². The van der Waals surface area contributed by atoms with E-state index in [2.05, 4.69) is 12.2 Å². The summed E-state index contributed by atoms with van der Waals surface area (Å²) < 4.78 is 26.0. The van der Waals surface area contributed by atoms with Crippen molar-refractivity contribution in [2.24, 2.45) is 0 Å². The Hall–Kier alpha value is -0.610. The fourth-order valence-corrected chi connectivity index (χ4v) is 1.98. The molecule has 1 N–H and O–H groups in total. The molecule has 0 saturated heterocycles. The number of halogens is 2. The summed E-state index contributed by atoms with van der Waals surface area (Å²) in [5, 5.41) is 3.11. The molecule has 0 unspecified atom stereocenters. The van der Waals surface area contributed by atoms with Crippen molar-refractivity contribution in [3.63, 3.8) is 0 Å². The third kappa shape index (κ3) is 4.94. The first kappa shape index (κ1) is 13.5. The summed E-state index contributed by atoms with van der Waals surface area (Å²) >= 11 is 1.89. The van der Waals surface area contributed by atoms with Crippen molar-refractivity contribution in [1.29, 1.82) is 0 Å². The Morgan fingerprint density at radius 2 is 2.12 bits per heavy atom. The summed E-state index contributed by atoms with van der Waals surface area (Å²) in [4.78, 5) is 0. The predicted molar refractivity (Wildman–Crippen MR) is 65.7 cm³/mol. The van der Waals surface area contributed by atoms with Gasteiger partial charge in [-0.1, -0.05) is 6.92 Å². The lowest BCUT2D eigenvalue weighted by molar-refractivity contribution is 0.568. The first-order valence-electron chi connectivity index (χ1n) is 5.46. The Balaban J connectivity index is 2.23. The van der Waals surface area contributed by atoms with Crippen LogP contribution in [0.15, 0.2) is 18.2 Å². The maximum absolute atomic E-state index is 13.2. The minimum atomic E-state index is -0.389. The van der Waals surface area contributed by atoms with Gasteiger partial charge in [0.05, 0.1) is 0 Å². The number of thioether (sulfide) groups is 1. The first-order chi connectivity index (χ1) is 7.74. The van der Waals surface area contributed by atoms with Crippen LogP contribution >= 0.6 is 11.8 Å². The SMILES string of the molecule is CCSCCCNCc1cc(F)ccc1F. The van der Waals surface area contributed by atoms with Gasteiger partial charge in [-0.25, -0.2) is 8.78 Å². The molecule has 0 fully saturated rings. The maximum atomic E-state index is 13.2. The topological polar surface area (TPSA) is 12.0 Å². The molecular weight excluding hydrogens is 228 g/mol. The molecule has 0 aliphatic carbocycles. The van der Waals surface area contributed by atoms with E-state index in [1.54, 1.807) is 0 Å². The monoisotopic (exact) mass is 245 g/mol. The molecule has 0 radical (unpaired) electrons. The van der Waals surface area contributed by atoms with Crippen molar-refractivity contribution in [3.8, 4) is 0 Å². The van der Waals surface area contributed by atoms with Crippen molar-refractivity contribution in [1.82, 2.24) is 5.32 Å². The molecule has 0 bridgehead atoms. The van der Waals surface area contributed by atoms with Crippen LogP contribution in [0, 0.1) is 11.6 Å². The average Bonchev–Trinajstić information content (AvgIpc) is 2.28. The minimum absolute atomic E-state index is 0.350. The zero-order valence-corrected chi connectivity index (χ0v) is 10.2. The Bertz CT molecular complexity index is 318. The maximum Gasteiger partial charge on any atom is 0.127 e. The van der Waals surface area contributed by atoms with E-state index >= 15 is 0 Å². The summed E-state index contributed by atoms with van der Waals surface area (Å²) in [5.41, 5.74) is 0.392. The molecule has 0 heterocycles. The lowest BCUT2D eigenvalue weighted by atomic mass is 10.2. The quantitative estimate of drug-likeness (QED) is 0.740. The van der Waals surface area contributed by atoms with Crippen LogP contribution in [0.25, 0.3) is 0 Å². The number of hydrogen-bond donors (Lipinski definition) is 1. The smallest absolute Gasteiger partial charge is 0.127 e. The predicted octanol–water partition coefficient (Wildman–Crippen LogP) is 3.20. The first-order valence-corrected chi connectivity index (χ1v) is 6.62. The van der Waals surface area contributed by atoms with Crippen molar-refractivity contribution in [2.45, 2.75) is 19.9 Å². The fraction of sp³-hybridized carbons (Fsp3) is 0.500. The number of benzene rings is 1. The van der Waals surface area contributed by atoms with Crippen LogP contribution in [-0.2, 0) is 6.54 Å². The zero-order valence-electron chi connectivity index (χ0n) is 9.43. The van der Waals surface area contributed by atoms with E-state index in [1.807, 2.05) is 11.8 Å². The lowest BCUT2D eigenvalue weighted by Crippen LogP contribution is -2.16. The van der Waals surface area contributed by atoms with E-state index < -0.39 is 0 Å². The van der Waals surface area contributed by atoms with Crippen LogP contribution in [-0.4, -0.2) is 18.1 Å². The summed E-state index contributed by atoms with van der Waals surface area (Å²) in [5.74, 6) is 1.49. The second-order valence-electron chi connectivity index (χ2n) is 3.46. The third-order valence-corrected chi connectivity index (χ3v) is 3.16. The molecule has 0 spiro atoms. The van der Waals surface area contributed by atoms with E-state index in [0.717, 1.165) is 30.5 Å². The molecule has 0 aromatic heterocycles. The van der Waals surface area contributed by atoms with Crippen molar-refractivity contribution < 1.29 is 8.78 Å². The van der Waals surface area contributed by atoms with Crippen LogP contribution in [0.3, 0.4) is 0 Å². The summed E-state index contributed by atoms with van der Waals surface area (Å²) in [6.07, 6.45) is 1.05. The van der Waals surface area contributed by atoms with Crippen molar-refractivity contribution >= 4 is 11.8 Å². The van der Waals surface area contributed by atoms with Crippen LogP contribution in [0.1, 0.15) is 18.9 Å². The molecule has 0 aliphatic heterocycles. The third-order valence-electron chi connectivity index (χ3n) is 2.17. The van der Waals surface area contributed by atoms with Gasteiger partial charge in [-0.05, 0) is 42.7 Å². The highest BCUT2D eigenvalue weighted by molar-refractivity contribution is 7.99. The van der Waals surface area contributed by atoms with Crippen LogP contribution in [0.5, 0.6) is 0 Å². The minimum Gasteiger partial charge on any atom is -0.313 e. The molecule has 1 nitrogen and oxygen atoms in total. The largest absolute Gasteiger partial charge is 0.313 e. The molecule has 0 atom stereocenters. The molecule has 4 heteroatoms. The highest BCUT2D eigenvalue weighted by Crippen LogP contribution is 2.09. The molecule has 90 valence electrons. The summed E-state index contributed by atoms with van der Waals surface area (Å²) in [6, 6.07) is 3.54. The number of rotatable bonds is 7. The van der Waals surface area contributed by atoms with Gasteiger partial charge in [0.2, 0.25) is 0 Å². The van der Waals surface area contributed by atoms with Crippen LogP contribution in [0.4, 0.5) is 8.78 Å². The normalized spacial score (nSPS) is 10.7. The Labute approximate surface area is 99.6 Å². The van der Waals surface area contributed by atoms with Gasteiger partial charge in [-0.3, -0.25) is 0 Å². The summed E-state index contributed by atoms with van der Waals surface area (Å²) in [7, 11) is 0. The van der Waals surface area contributed by atoms with Crippen molar-refractivity contribution in [3.05, 3.63) is 35.4 Å². The van der Waals surface area contributed by atoms with Gasteiger partial charge in [0, 0.05) is 12.1 Å². The van der Waals surface area contributed by atoms with Gasteiger partial charge < -0.3 is 5.32 Å². The molecule has 0 aliphatic rings. The Kier molecular flexibility index (Phi) is 6.42.